The van der Waals surface area contributed by atoms with Crippen molar-refractivity contribution in [2.24, 2.45) is 5.41 Å². The lowest BCUT2D eigenvalue weighted by atomic mass is 9.72. The fraction of sp³-hybridized carbons (Fsp3) is 0.667. The van der Waals surface area contributed by atoms with Crippen LogP contribution < -0.4 is 0 Å². The molecular formula is C12H17BrS. The quantitative estimate of drug-likeness (QED) is 0.660. The average molecular weight is 273 g/mol. The van der Waals surface area contributed by atoms with Crippen molar-refractivity contribution in [3.8, 4) is 0 Å². The number of rotatable bonds is 1. The summed E-state index contributed by atoms with van der Waals surface area (Å²) in [5.74, 6) is 0.815. The molecule has 78 valence electrons. The van der Waals surface area contributed by atoms with E-state index in [0.717, 1.165) is 5.92 Å². The summed E-state index contributed by atoms with van der Waals surface area (Å²) in [5, 5.41) is 2.21. The van der Waals surface area contributed by atoms with E-state index in [0.29, 0.717) is 5.41 Å². The largest absolute Gasteiger partial charge is 0.147 e. The van der Waals surface area contributed by atoms with Gasteiger partial charge in [0.05, 0.1) is 0 Å². The van der Waals surface area contributed by atoms with Crippen molar-refractivity contribution in [1.82, 2.24) is 0 Å². The van der Waals surface area contributed by atoms with Gasteiger partial charge in [-0.3, -0.25) is 0 Å². The number of hydrogen-bond donors (Lipinski definition) is 0. The van der Waals surface area contributed by atoms with E-state index in [4.69, 9.17) is 0 Å². The van der Waals surface area contributed by atoms with Gasteiger partial charge in [-0.1, -0.05) is 20.3 Å². The van der Waals surface area contributed by atoms with Gasteiger partial charge in [-0.25, -0.2) is 0 Å². The van der Waals surface area contributed by atoms with Crippen LogP contribution in [0.25, 0.3) is 0 Å². The maximum Gasteiger partial charge on any atom is 0.0285 e. The first-order valence-electron chi connectivity index (χ1n) is 5.31. The van der Waals surface area contributed by atoms with E-state index in [1.54, 1.807) is 4.88 Å². The van der Waals surface area contributed by atoms with Gasteiger partial charge in [0.2, 0.25) is 0 Å². The predicted octanol–water partition coefficient (Wildman–Crippen LogP) is 5.19. The van der Waals surface area contributed by atoms with E-state index in [9.17, 15) is 0 Å². The standard InChI is InChI=1S/C12H17BrS/c1-12(2)5-3-4-9(7-12)11-6-10(13)8-14-11/h6,8-9H,3-5,7H2,1-2H3. The molecule has 0 spiro atoms. The molecule has 0 saturated heterocycles. The van der Waals surface area contributed by atoms with Gasteiger partial charge in [0.1, 0.15) is 0 Å². The Balaban J connectivity index is 2.12. The van der Waals surface area contributed by atoms with Crippen molar-refractivity contribution < 1.29 is 0 Å². The summed E-state index contributed by atoms with van der Waals surface area (Å²) >= 11 is 5.45. The second-order valence-electron chi connectivity index (χ2n) is 5.12. The van der Waals surface area contributed by atoms with Crippen molar-refractivity contribution in [3.63, 3.8) is 0 Å². The molecule has 1 aromatic heterocycles. The Hall–Kier alpha value is 0.180. The summed E-state index contributed by atoms with van der Waals surface area (Å²) in [7, 11) is 0. The van der Waals surface area contributed by atoms with Gasteiger partial charge >= 0.3 is 0 Å². The first-order valence-corrected chi connectivity index (χ1v) is 6.98. The number of halogens is 1. The van der Waals surface area contributed by atoms with Crippen molar-refractivity contribution in [1.29, 1.82) is 0 Å². The molecule has 1 unspecified atom stereocenters. The van der Waals surface area contributed by atoms with Crippen LogP contribution in [0, 0.1) is 5.41 Å². The molecule has 14 heavy (non-hydrogen) atoms. The summed E-state index contributed by atoms with van der Waals surface area (Å²) in [5.41, 5.74) is 0.555. The minimum atomic E-state index is 0.555. The Morgan fingerprint density at radius 3 is 2.86 bits per heavy atom. The maximum atomic E-state index is 3.54. The highest BCUT2D eigenvalue weighted by molar-refractivity contribution is 9.10. The zero-order valence-corrected chi connectivity index (χ0v) is 11.2. The zero-order valence-electron chi connectivity index (χ0n) is 8.85. The Kier molecular flexibility index (Phi) is 3.03. The Labute approximate surface area is 98.9 Å². The molecule has 2 heteroatoms. The van der Waals surface area contributed by atoms with Crippen LogP contribution in [0.15, 0.2) is 15.9 Å². The molecule has 0 aromatic carbocycles. The van der Waals surface area contributed by atoms with Gasteiger partial charge in [-0.15, -0.1) is 11.3 Å². The fourth-order valence-corrected chi connectivity index (χ4v) is 4.07. The summed E-state index contributed by atoms with van der Waals surface area (Å²) in [6, 6.07) is 2.30. The van der Waals surface area contributed by atoms with Crippen LogP contribution in [0.2, 0.25) is 0 Å². The van der Waals surface area contributed by atoms with Crippen LogP contribution >= 0.6 is 27.3 Å². The van der Waals surface area contributed by atoms with Crippen LogP contribution in [-0.4, -0.2) is 0 Å². The minimum Gasteiger partial charge on any atom is -0.147 e. The first-order chi connectivity index (χ1) is 6.57. The van der Waals surface area contributed by atoms with Crippen LogP contribution in [0.4, 0.5) is 0 Å². The van der Waals surface area contributed by atoms with Gasteiger partial charge < -0.3 is 0 Å². The SMILES string of the molecule is CC1(C)CCCC(c2cc(Br)cs2)C1. The molecule has 0 radical (unpaired) electrons. The molecule has 1 aliphatic carbocycles. The molecule has 1 heterocycles. The van der Waals surface area contributed by atoms with Crippen LogP contribution in [0.1, 0.15) is 50.3 Å². The maximum absolute atomic E-state index is 3.54. The number of hydrogen-bond acceptors (Lipinski definition) is 1. The molecule has 1 aromatic rings. The highest BCUT2D eigenvalue weighted by Crippen LogP contribution is 2.45. The van der Waals surface area contributed by atoms with Crippen LogP contribution in [0.3, 0.4) is 0 Å². The lowest BCUT2D eigenvalue weighted by Gasteiger charge is -2.34. The van der Waals surface area contributed by atoms with Gasteiger partial charge in [-0.2, -0.15) is 0 Å². The van der Waals surface area contributed by atoms with Gasteiger partial charge in [0, 0.05) is 14.7 Å². The van der Waals surface area contributed by atoms with E-state index in [2.05, 4.69) is 41.2 Å². The lowest BCUT2D eigenvalue weighted by molar-refractivity contribution is 0.221. The van der Waals surface area contributed by atoms with E-state index in [-0.39, 0.29) is 0 Å². The Morgan fingerprint density at radius 2 is 2.29 bits per heavy atom. The second-order valence-corrected chi connectivity index (χ2v) is 6.98. The predicted molar refractivity (Wildman–Crippen MR) is 67.0 cm³/mol. The molecule has 0 N–H and O–H groups in total. The average Bonchev–Trinajstić information content (AvgIpc) is 2.50. The van der Waals surface area contributed by atoms with Crippen molar-refractivity contribution in [2.45, 2.75) is 45.4 Å². The van der Waals surface area contributed by atoms with Crippen molar-refractivity contribution in [2.75, 3.05) is 0 Å². The second kappa shape index (κ2) is 3.97. The third kappa shape index (κ3) is 2.40. The summed E-state index contributed by atoms with van der Waals surface area (Å²) in [4.78, 5) is 1.57. The lowest BCUT2D eigenvalue weighted by Crippen LogP contribution is -2.20. The minimum absolute atomic E-state index is 0.555. The molecule has 1 aliphatic rings. The van der Waals surface area contributed by atoms with Gasteiger partial charge in [0.15, 0.2) is 0 Å². The fourth-order valence-electron chi connectivity index (χ4n) is 2.48. The van der Waals surface area contributed by atoms with Gasteiger partial charge in [-0.05, 0) is 52.6 Å². The molecule has 0 aliphatic heterocycles. The molecule has 2 rings (SSSR count). The number of thiophene rings is 1. The van der Waals surface area contributed by atoms with E-state index in [1.165, 1.54) is 30.2 Å². The Bertz CT molecular complexity index is 314. The molecule has 1 atom stereocenters. The highest BCUT2D eigenvalue weighted by Gasteiger charge is 2.29. The highest BCUT2D eigenvalue weighted by atomic mass is 79.9. The first kappa shape index (κ1) is 10.7. The Morgan fingerprint density at radius 1 is 1.50 bits per heavy atom. The zero-order chi connectivity index (χ0) is 10.2. The van der Waals surface area contributed by atoms with Gasteiger partial charge in [0.25, 0.3) is 0 Å². The normalized spacial score (nSPS) is 26.4. The van der Waals surface area contributed by atoms with Crippen LogP contribution in [0.5, 0.6) is 0 Å². The summed E-state index contributed by atoms with van der Waals surface area (Å²) < 4.78 is 1.25. The molecule has 1 saturated carbocycles. The molecular weight excluding hydrogens is 256 g/mol. The van der Waals surface area contributed by atoms with E-state index >= 15 is 0 Å². The third-order valence-electron chi connectivity index (χ3n) is 3.20. The molecule has 1 fully saturated rings. The monoisotopic (exact) mass is 272 g/mol. The van der Waals surface area contributed by atoms with Crippen molar-refractivity contribution >= 4 is 27.3 Å². The summed E-state index contributed by atoms with van der Waals surface area (Å²) in [6.07, 6.45) is 5.54. The topological polar surface area (TPSA) is 0 Å². The van der Waals surface area contributed by atoms with Crippen molar-refractivity contribution in [3.05, 3.63) is 20.8 Å². The third-order valence-corrected chi connectivity index (χ3v) is 5.05. The molecule has 0 nitrogen and oxygen atoms in total. The van der Waals surface area contributed by atoms with E-state index < -0.39 is 0 Å². The molecule has 0 amide bonds. The summed E-state index contributed by atoms with van der Waals surface area (Å²) in [6.45, 7) is 4.81. The molecule has 0 bridgehead atoms. The van der Waals surface area contributed by atoms with E-state index in [1.807, 2.05) is 11.3 Å². The van der Waals surface area contributed by atoms with Crippen LogP contribution in [-0.2, 0) is 0 Å². The smallest absolute Gasteiger partial charge is 0.0285 e.